The van der Waals surface area contributed by atoms with E-state index >= 15 is 0 Å². The molecule has 0 aliphatic carbocycles. The van der Waals surface area contributed by atoms with Gasteiger partial charge in [-0.2, -0.15) is 0 Å². The molecular formula is C17H26N2O. The highest BCUT2D eigenvalue weighted by molar-refractivity contribution is 5.78. The molecule has 1 N–H and O–H groups in total. The average Bonchev–Trinajstić information content (AvgIpc) is 2.98. The molecule has 1 aliphatic heterocycles. The minimum absolute atomic E-state index is 0.00870. The van der Waals surface area contributed by atoms with Crippen molar-refractivity contribution < 1.29 is 4.79 Å². The molecular weight excluding hydrogens is 248 g/mol. The molecule has 0 aromatic heterocycles. The Labute approximate surface area is 122 Å². The van der Waals surface area contributed by atoms with E-state index in [2.05, 4.69) is 43.4 Å². The third-order valence-corrected chi connectivity index (χ3v) is 4.06. The Kier molecular flexibility index (Phi) is 5.18. The van der Waals surface area contributed by atoms with Crippen LogP contribution < -0.4 is 5.32 Å². The van der Waals surface area contributed by atoms with Crippen LogP contribution in [0.4, 0.5) is 0 Å². The molecule has 1 fully saturated rings. The zero-order valence-corrected chi connectivity index (χ0v) is 12.7. The molecule has 1 aromatic carbocycles. The molecule has 0 spiro atoms. The van der Waals surface area contributed by atoms with Crippen molar-refractivity contribution in [1.29, 1.82) is 0 Å². The highest BCUT2D eigenvalue weighted by Crippen LogP contribution is 2.14. The lowest BCUT2D eigenvalue weighted by Crippen LogP contribution is -2.46. The van der Waals surface area contributed by atoms with Gasteiger partial charge in [0.2, 0.25) is 5.91 Å². The predicted molar refractivity (Wildman–Crippen MR) is 82.7 cm³/mol. The van der Waals surface area contributed by atoms with Gasteiger partial charge in [-0.05, 0) is 45.1 Å². The van der Waals surface area contributed by atoms with E-state index in [1.54, 1.807) is 0 Å². The first-order chi connectivity index (χ1) is 9.57. The third-order valence-electron chi connectivity index (χ3n) is 4.06. The minimum Gasteiger partial charge on any atom is -0.342 e. The second-order valence-electron chi connectivity index (χ2n) is 6.31. The van der Waals surface area contributed by atoms with Gasteiger partial charge in [-0.25, -0.2) is 0 Å². The largest absolute Gasteiger partial charge is 0.342 e. The molecule has 0 radical (unpaired) electrons. The van der Waals surface area contributed by atoms with Crippen molar-refractivity contribution in [2.75, 3.05) is 19.6 Å². The molecule has 1 amide bonds. The van der Waals surface area contributed by atoms with Gasteiger partial charge in [-0.15, -0.1) is 0 Å². The van der Waals surface area contributed by atoms with Crippen LogP contribution >= 0.6 is 0 Å². The quantitative estimate of drug-likeness (QED) is 0.865. The van der Waals surface area contributed by atoms with E-state index in [9.17, 15) is 4.79 Å². The fourth-order valence-corrected chi connectivity index (χ4v) is 2.58. The number of hydrogen-bond donors (Lipinski definition) is 1. The molecule has 0 saturated carbocycles. The standard InChI is InChI=1S/C17H26N2O/c1-17(2,11-10-15-8-4-3-5-9-15)18-14-16(20)19-12-6-7-13-19/h3-5,8-9,18H,6-7,10-14H2,1-2H3. The molecule has 110 valence electrons. The van der Waals surface area contributed by atoms with Gasteiger partial charge in [-0.3, -0.25) is 4.79 Å². The van der Waals surface area contributed by atoms with Gasteiger partial charge in [0, 0.05) is 18.6 Å². The number of nitrogens with zero attached hydrogens (tertiary/aromatic N) is 1. The molecule has 3 heteroatoms. The Morgan fingerprint density at radius 1 is 1.20 bits per heavy atom. The molecule has 0 bridgehead atoms. The summed E-state index contributed by atoms with van der Waals surface area (Å²) >= 11 is 0. The maximum absolute atomic E-state index is 12.0. The van der Waals surface area contributed by atoms with E-state index in [-0.39, 0.29) is 11.4 Å². The van der Waals surface area contributed by atoms with E-state index in [1.807, 2.05) is 11.0 Å². The van der Waals surface area contributed by atoms with Crippen molar-refractivity contribution in [3.8, 4) is 0 Å². The number of likely N-dealkylation sites (tertiary alicyclic amines) is 1. The maximum atomic E-state index is 12.0. The fourth-order valence-electron chi connectivity index (χ4n) is 2.58. The molecule has 1 aliphatic rings. The summed E-state index contributed by atoms with van der Waals surface area (Å²) in [7, 11) is 0. The Balaban J connectivity index is 1.74. The van der Waals surface area contributed by atoms with E-state index in [0.717, 1.165) is 38.8 Å². The third kappa shape index (κ3) is 4.64. The summed E-state index contributed by atoms with van der Waals surface area (Å²) in [5, 5.41) is 3.41. The lowest BCUT2D eigenvalue weighted by Gasteiger charge is -2.27. The summed E-state index contributed by atoms with van der Waals surface area (Å²) in [6.07, 6.45) is 4.38. The summed E-state index contributed by atoms with van der Waals surface area (Å²) in [6, 6.07) is 10.5. The molecule has 0 atom stereocenters. The van der Waals surface area contributed by atoms with Gasteiger partial charge in [0.1, 0.15) is 0 Å². The van der Waals surface area contributed by atoms with Crippen molar-refractivity contribution in [3.05, 3.63) is 35.9 Å². The molecule has 0 unspecified atom stereocenters. The number of hydrogen-bond acceptors (Lipinski definition) is 2. The topological polar surface area (TPSA) is 32.3 Å². The number of nitrogens with one attached hydrogen (secondary N) is 1. The van der Waals surface area contributed by atoms with Crippen molar-refractivity contribution in [1.82, 2.24) is 10.2 Å². The Morgan fingerprint density at radius 2 is 1.85 bits per heavy atom. The zero-order chi connectivity index (χ0) is 14.4. The van der Waals surface area contributed by atoms with Gasteiger partial charge < -0.3 is 10.2 Å². The number of aryl methyl sites for hydroxylation is 1. The van der Waals surface area contributed by atoms with Crippen LogP contribution in [0.5, 0.6) is 0 Å². The average molecular weight is 274 g/mol. The minimum atomic E-state index is -0.00870. The molecule has 1 heterocycles. The van der Waals surface area contributed by atoms with Crippen molar-refractivity contribution >= 4 is 5.91 Å². The van der Waals surface area contributed by atoms with Crippen LogP contribution in [0.15, 0.2) is 30.3 Å². The lowest BCUT2D eigenvalue weighted by molar-refractivity contribution is -0.129. The number of carbonyl (C=O) groups excluding carboxylic acids is 1. The van der Waals surface area contributed by atoms with Crippen molar-refractivity contribution in [3.63, 3.8) is 0 Å². The second-order valence-corrected chi connectivity index (χ2v) is 6.31. The smallest absolute Gasteiger partial charge is 0.236 e. The zero-order valence-electron chi connectivity index (χ0n) is 12.7. The van der Waals surface area contributed by atoms with Crippen LogP contribution in [0.25, 0.3) is 0 Å². The SMILES string of the molecule is CC(C)(CCc1ccccc1)NCC(=O)N1CCCC1. The van der Waals surface area contributed by atoms with Gasteiger partial charge >= 0.3 is 0 Å². The van der Waals surface area contributed by atoms with Gasteiger partial charge in [0.25, 0.3) is 0 Å². The first-order valence-electron chi connectivity index (χ1n) is 7.64. The van der Waals surface area contributed by atoms with Crippen LogP contribution in [0.3, 0.4) is 0 Å². The Morgan fingerprint density at radius 3 is 2.50 bits per heavy atom. The van der Waals surface area contributed by atoms with E-state index in [0.29, 0.717) is 6.54 Å². The molecule has 1 saturated heterocycles. The first-order valence-corrected chi connectivity index (χ1v) is 7.64. The summed E-state index contributed by atoms with van der Waals surface area (Å²) < 4.78 is 0. The van der Waals surface area contributed by atoms with Crippen molar-refractivity contribution in [2.45, 2.75) is 45.1 Å². The lowest BCUT2D eigenvalue weighted by atomic mass is 9.95. The van der Waals surface area contributed by atoms with Gasteiger partial charge in [0.05, 0.1) is 6.54 Å². The van der Waals surface area contributed by atoms with Crippen LogP contribution in [0.1, 0.15) is 38.7 Å². The Hall–Kier alpha value is -1.35. The molecule has 1 aromatic rings. The number of benzene rings is 1. The van der Waals surface area contributed by atoms with Crippen LogP contribution in [0, 0.1) is 0 Å². The van der Waals surface area contributed by atoms with Gasteiger partial charge in [-0.1, -0.05) is 30.3 Å². The molecule has 20 heavy (non-hydrogen) atoms. The number of carbonyl (C=O) groups is 1. The highest BCUT2D eigenvalue weighted by atomic mass is 16.2. The molecule has 3 nitrogen and oxygen atoms in total. The number of rotatable bonds is 6. The summed E-state index contributed by atoms with van der Waals surface area (Å²) in [5.41, 5.74) is 1.35. The highest BCUT2D eigenvalue weighted by Gasteiger charge is 2.22. The predicted octanol–water partition coefficient (Wildman–Crippen LogP) is 2.61. The van der Waals surface area contributed by atoms with Crippen LogP contribution in [0.2, 0.25) is 0 Å². The van der Waals surface area contributed by atoms with Gasteiger partial charge in [0.15, 0.2) is 0 Å². The Bertz CT molecular complexity index is 422. The van der Waals surface area contributed by atoms with Crippen LogP contribution in [-0.2, 0) is 11.2 Å². The summed E-state index contributed by atoms with van der Waals surface area (Å²) in [5.74, 6) is 0.246. The van der Waals surface area contributed by atoms with Crippen molar-refractivity contribution in [2.24, 2.45) is 0 Å². The maximum Gasteiger partial charge on any atom is 0.236 e. The number of amides is 1. The second kappa shape index (κ2) is 6.89. The van der Waals surface area contributed by atoms with Crippen LogP contribution in [-0.4, -0.2) is 36.0 Å². The molecule has 2 rings (SSSR count). The van der Waals surface area contributed by atoms with E-state index in [1.165, 1.54) is 5.56 Å². The van der Waals surface area contributed by atoms with E-state index in [4.69, 9.17) is 0 Å². The van der Waals surface area contributed by atoms with E-state index < -0.39 is 0 Å². The monoisotopic (exact) mass is 274 g/mol. The summed E-state index contributed by atoms with van der Waals surface area (Å²) in [6.45, 7) is 6.68. The fraction of sp³-hybridized carbons (Fsp3) is 0.588. The first kappa shape index (κ1) is 15.0. The summed E-state index contributed by atoms with van der Waals surface area (Å²) in [4.78, 5) is 14.0. The normalized spacial score (nSPS) is 15.6.